The molecule has 3 aromatic heterocycles. The van der Waals surface area contributed by atoms with Gasteiger partial charge in [-0.3, -0.25) is 5.32 Å². The molecule has 0 radical (unpaired) electrons. The quantitative estimate of drug-likeness (QED) is 0.210. The fourth-order valence-electron chi connectivity index (χ4n) is 4.37. The first-order valence-corrected chi connectivity index (χ1v) is 11.2. The number of aryl methyl sites for hydroxylation is 1. The lowest BCUT2D eigenvalue weighted by Gasteiger charge is -2.13. The number of imidazole rings is 1. The Morgan fingerprint density at radius 2 is 2.00 bits per heavy atom. The number of hydrogen-bond acceptors (Lipinski definition) is 6. The summed E-state index contributed by atoms with van der Waals surface area (Å²) in [5.41, 5.74) is 11.0. The SMILES string of the molecule is CCn1c(CNC(O)c2nc3cc[nH]c3nc2N)[n+](Cc2ccccc2)c2ccc(OC)cc21. The fourth-order valence-corrected chi connectivity index (χ4v) is 4.37. The van der Waals surface area contributed by atoms with Gasteiger partial charge in [-0.1, -0.05) is 30.3 Å². The smallest absolute Gasteiger partial charge is 0.271 e. The number of benzene rings is 2. The van der Waals surface area contributed by atoms with E-state index in [9.17, 15) is 5.11 Å². The van der Waals surface area contributed by atoms with Gasteiger partial charge in [0.15, 0.2) is 28.7 Å². The van der Waals surface area contributed by atoms with Gasteiger partial charge in [0, 0.05) is 12.3 Å². The van der Waals surface area contributed by atoms with Crippen LogP contribution in [0.3, 0.4) is 0 Å². The van der Waals surface area contributed by atoms with Crippen molar-refractivity contribution in [3.05, 3.63) is 77.9 Å². The molecule has 0 saturated heterocycles. The Bertz CT molecular complexity index is 1440. The first-order chi connectivity index (χ1) is 16.6. The number of nitrogens with zero attached hydrogens (tertiary/aromatic N) is 4. The molecule has 9 nitrogen and oxygen atoms in total. The van der Waals surface area contributed by atoms with Crippen molar-refractivity contribution in [2.75, 3.05) is 12.8 Å². The molecule has 9 heteroatoms. The number of nitrogens with two attached hydrogens (primary N) is 1. The highest BCUT2D eigenvalue weighted by molar-refractivity contribution is 5.75. The highest BCUT2D eigenvalue weighted by Gasteiger charge is 2.26. The molecular formula is C25H28N7O2+. The number of aromatic nitrogens is 5. The average molecular weight is 459 g/mol. The molecule has 1 atom stereocenters. The number of hydrogen-bond donors (Lipinski definition) is 4. The van der Waals surface area contributed by atoms with E-state index in [1.807, 2.05) is 30.3 Å². The number of H-pyrrole nitrogens is 1. The molecule has 0 fully saturated rings. The number of methoxy groups -OCH3 is 1. The molecule has 5 N–H and O–H groups in total. The third-order valence-electron chi connectivity index (χ3n) is 6.04. The average Bonchev–Trinajstić information content (AvgIpc) is 3.43. The second kappa shape index (κ2) is 9.12. The molecule has 174 valence electrons. The fraction of sp³-hybridized carbons (Fsp3) is 0.240. The van der Waals surface area contributed by atoms with Crippen LogP contribution in [0, 0.1) is 0 Å². The maximum Gasteiger partial charge on any atom is 0.271 e. The highest BCUT2D eigenvalue weighted by atomic mass is 16.5. The van der Waals surface area contributed by atoms with E-state index in [1.165, 1.54) is 5.56 Å². The van der Waals surface area contributed by atoms with E-state index >= 15 is 0 Å². The Balaban J connectivity index is 1.52. The van der Waals surface area contributed by atoms with Crippen molar-refractivity contribution in [1.82, 2.24) is 24.8 Å². The molecule has 0 saturated carbocycles. The Morgan fingerprint density at radius 3 is 2.76 bits per heavy atom. The van der Waals surface area contributed by atoms with Crippen LogP contribution < -0.4 is 20.4 Å². The zero-order valence-corrected chi connectivity index (χ0v) is 19.2. The van der Waals surface area contributed by atoms with Crippen molar-refractivity contribution >= 4 is 28.0 Å². The summed E-state index contributed by atoms with van der Waals surface area (Å²) in [6.45, 7) is 3.96. The zero-order valence-electron chi connectivity index (χ0n) is 19.2. The normalized spacial score (nSPS) is 12.4. The topological polar surface area (TPSA) is 118 Å². The molecule has 5 rings (SSSR count). The lowest BCUT2D eigenvalue weighted by atomic mass is 10.2. The molecule has 0 amide bonds. The van der Waals surface area contributed by atoms with E-state index in [4.69, 9.17) is 10.5 Å². The number of fused-ring (bicyclic) bond motifs is 2. The number of nitrogen functional groups attached to an aromatic ring is 1. The van der Waals surface area contributed by atoms with Crippen molar-refractivity contribution in [1.29, 1.82) is 0 Å². The lowest BCUT2D eigenvalue weighted by Crippen LogP contribution is -2.41. The second-order valence-electron chi connectivity index (χ2n) is 8.08. The van der Waals surface area contributed by atoms with Crippen LogP contribution in [0.2, 0.25) is 0 Å². The summed E-state index contributed by atoms with van der Waals surface area (Å²) in [5.74, 6) is 2.00. The van der Waals surface area contributed by atoms with Gasteiger partial charge in [-0.05, 0) is 30.7 Å². The molecule has 1 unspecified atom stereocenters. The van der Waals surface area contributed by atoms with Crippen LogP contribution in [0.15, 0.2) is 60.8 Å². The Kier molecular flexibility index (Phi) is 5.87. The summed E-state index contributed by atoms with van der Waals surface area (Å²) in [7, 11) is 1.67. The molecule has 5 aromatic rings. The molecule has 2 aromatic carbocycles. The molecular weight excluding hydrogens is 430 g/mol. The minimum Gasteiger partial charge on any atom is -0.497 e. The van der Waals surface area contributed by atoms with E-state index < -0.39 is 6.23 Å². The van der Waals surface area contributed by atoms with Crippen LogP contribution >= 0.6 is 0 Å². The molecule has 0 aliphatic carbocycles. The Hall–Kier alpha value is -3.95. The van der Waals surface area contributed by atoms with E-state index in [2.05, 4.69) is 54.5 Å². The monoisotopic (exact) mass is 458 g/mol. The second-order valence-corrected chi connectivity index (χ2v) is 8.08. The van der Waals surface area contributed by atoms with Gasteiger partial charge in [0.1, 0.15) is 30.0 Å². The van der Waals surface area contributed by atoms with Gasteiger partial charge in [-0.2, -0.15) is 0 Å². The number of ether oxygens (including phenoxy) is 1. The highest BCUT2D eigenvalue weighted by Crippen LogP contribution is 2.23. The number of nitrogens with one attached hydrogen (secondary N) is 2. The molecule has 0 aliphatic rings. The van der Waals surface area contributed by atoms with Crippen molar-refractivity contribution in [3.63, 3.8) is 0 Å². The standard InChI is InChI=1S/C25H28N7O2/c1-3-31-20-13-17(34-2)9-10-19(20)32(15-16-7-5-4-6-8-16)21(31)14-28-25(33)22-23(26)30-24-18(29-22)11-12-27-24/h4-13,25,28,33H,3,14-15H2,1-2H3,(H3,26,27,30)/q+1. The van der Waals surface area contributed by atoms with Crippen molar-refractivity contribution < 1.29 is 14.4 Å². The van der Waals surface area contributed by atoms with E-state index in [0.717, 1.165) is 29.2 Å². The van der Waals surface area contributed by atoms with Crippen LogP contribution in [0.25, 0.3) is 22.2 Å². The molecule has 0 bridgehead atoms. The van der Waals surface area contributed by atoms with E-state index in [0.29, 0.717) is 29.9 Å². The maximum absolute atomic E-state index is 10.9. The van der Waals surface area contributed by atoms with Gasteiger partial charge in [0.05, 0.1) is 13.7 Å². The predicted octanol–water partition coefficient (Wildman–Crippen LogP) is 2.64. The van der Waals surface area contributed by atoms with E-state index in [-0.39, 0.29) is 5.82 Å². The summed E-state index contributed by atoms with van der Waals surface area (Å²) in [4.78, 5) is 11.8. The number of rotatable bonds is 8. The van der Waals surface area contributed by atoms with Gasteiger partial charge in [0.2, 0.25) is 0 Å². The van der Waals surface area contributed by atoms with Gasteiger partial charge >= 0.3 is 0 Å². The molecule has 0 aliphatic heterocycles. The third-order valence-corrected chi connectivity index (χ3v) is 6.04. The van der Waals surface area contributed by atoms with Crippen LogP contribution in [-0.4, -0.2) is 31.7 Å². The molecule has 0 spiro atoms. The Labute approximate surface area is 196 Å². The van der Waals surface area contributed by atoms with Crippen LogP contribution in [0.1, 0.15) is 30.2 Å². The first kappa shape index (κ1) is 21.9. The molecule has 3 heterocycles. The molecule has 34 heavy (non-hydrogen) atoms. The van der Waals surface area contributed by atoms with E-state index in [1.54, 1.807) is 19.4 Å². The van der Waals surface area contributed by atoms with Gasteiger partial charge in [0.25, 0.3) is 5.82 Å². The zero-order chi connectivity index (χ0) is 23.7. The lowest BCUT2D eigenvalue weighted by molar-refractivity contribution is -0.671. The van der Waals surface area contributed by atoms with Crippen molar-refractivity contribution in [3.8, 4) is 5.75 Å². The summed E-state index contributed by atoms with van der Waals surface area (Å²) >= 11 is 0. The third kappa shape index (κ3) is 3.95. The van der Waals surface area contributed by atoms with Crippen LogP contribution in [-0.2, 0) is 19.6 Å². The maximum atomic E-state index is 10.9. The van der Waals surface area contributed by atoms with Gasteiger partial charge in [-0.15, -0.1) is 0 Å². The van der Waals surface area contributed by atoms with Crippen LogP contribution in [0.5, 0.6) is 5.75 Å². The van der Waals surface area contributed by atoms with Crippen molar-refractivity contribution in [2.24, 2.45) is 0 Å². The summed E-state index contributed by atoms with van der Waals surface area (Å²) in [6.07, 6.45) is 0.670. The number of aliphatic hydroxyl groups excluding tert-OH is 1. The van der Waals surface area contributed by atoms with Gasteiger partial charge < -0.3 is 20.6 Å². The predicted molar refractivity (Wildman–Crippen MR) is 130 cm³/mol. The minimum atomic E-state index is -1.07. The first-order valence-electron chi connectivity index (χ1n) is 11.2. The summed E-state index contributed by atoms with van der Waals surface area (Å²) in [5, 5.41) is 14.1. The largest absolute Gasteiger partial charge is 0.497 e. The number of aliphatic hydroxyl groups is 1. The Morgan fingerprint density at radius 1 is 1.18 bits per heavy atom. The van der Waals surface area contributed by atoms with Gasteiger partial charge in [-0.25, -0.2) is 19.1 Å². The summed E-state index contributed by atoms with van der Waals surface area (Å²) in [6, 6.07) is 18.2. The number of anilines is 1. The number of aromatic amines is 1. The minimum absolute atomic E-state index is 0.188. The van der Waals surface area contributed by atoms with Crippen LogP contribution in [0.4, 0.5) is 5.82 Å². The van der Waals surface area contributed by atoms with Crippen molar-refractivity contribution in [2.45, 2.75) is 32.8 Å². The summed E-state index contributed by atoms with van der Waals surface area (Å²) < 4.78 is 9.97.